The predicted octanol–water partition coefficient (Wildman–Crippen LogP) is 3.49. The van der Waals surface area contributed by atoms with Gasteiger partial charge in [0.1, 0.15) is 5.52 Å². The molecule has 82 valence electrons. The van der Waals surface area contributed by atoms with E-state index in [1.165, 1.54) is 12.1 Å². The normalized spacial score (nSPS) is 10.7. The largest absolute Gasteiger partial charge is 0.477 e. The lowest BCUT2D eigenvalue weighted by molar-refractivity contribution is 0.0691. The number of nitrogens with zero attached hydrogens (tertiary/aromatic N) is 1. The van der Waals surface area contributed by atoms with Crippen molar-refractivity contribution in [1.29, 1.82) is 0 Å². The lowest BCUT2D eigenvalue weighted by Gasteiger charge is -2.04. The maximum atomic E-state index is 13.5. The molecule has 6 heteroatoms. The summed E-state index contributed by atoms with van der Waals surface area (Å²) in [4.78, 5) is 14.4. The van der Waals surface area contributed by atoms with Crippen molar-refractivity contribution < 1.29 is 14.3 Å². The summed E-state index contributed by atoms with van der Waals surface area (Å²) in [5.41, 5.74) is -0.327. The molecule has 0 amide bonds. The molecule has 1 aromatic carbocycles. The topological polar surface area (TPSA) is 50.2 Å². The molecule has 0 saturated carbocycles. The van der Waals surface area contributed by atoms with Crippen LogP contribution in [0.25, 0.3) is 10.9 Å². The highest BCUT2D eigenvalue weighted by atomic mass is 79.9. The number of carbonyl (C=O) groups is 1. The van der Waals surface area contributed by atoms with Crippen LogP contribution in [0.2, 0.25) is 5.02 Å². The lowest BCUT2D eigenvalue weighted by Crippen LogP contribution is -2.01. The van der Waals surface area contributed by atoms with Crippen LogP contribution in [0.4, 0.5) is 4.39 Å². The van der Waals surface area contributed by atoms with Gasteiger partial charge in [-0.05, 0) is 18.2 Å². The van der Waals surface area contributed by atoms with Crippen LogP contribution in [0.15, 0.2) is 22.7 Å². The number of halogens is 3. The third kappa shape index (κ3) is 1.88. The van der Waals surface area contributed by atoms with Crippen molar-refractivity contribution >= 4 is 44.4 Å². The quantitative estimate of drug-likeness (QED) is 0.877. The first-order valence-electron chi connectivity index (χ1n) is 4.17. The van der Waals surface area contributed by atoms with Crippen molar-refractivity contribution in [2.24, 2.45) is 0 Å². The third-order valence-corrected chi connectivity index (χ3v) is 2.77. The standard InChI is InChI=1S/C10H4BrClFNO2/c11-4-1-5-6(12)3-8(10(15)16)14-9(5)7(13)2-4/h1-3H,(H,15,16). The van der Waals surface area contributed by atoms with E-state index in [9.17, 15) is 9.18 Å². The monoisotopic (exact) mass is 303 g/mol. The zero-order valence-corrected chi connectivity index (χ0v) is 10.0. The lowest BCUT2D eigenvalue weighted by atomic mass is 10.2. The van der Waals surface area contributed by atoms with Gasteiger partial charge in [-0.25, -0.2) is 14.2 Å². The van der Waals surface area contributed by atoms with Crippen LogP contribution in [-0.4, -0.2) is 16.1 Å². The summed E-state index contributed by atoms with van der Waals surface area (Å²) in [5, 5.41) is 9.29. The molecule has 0 spiro atoms. The minimum atomic E-state index is -1.24. The Kier molecular flexibility index (Phi) is 2.82. The highest BCUT2D eigenvalue weighted by Crippen LogP contribution is 2.28. The summed E-state index contributed by atoms with van der Waals surface area (Å²) in [6.45, 7) is 0. The Hall–Kier alpha value is -1.20. The van der Waals surface area contributed by atoms with Gasteiger partial charge in [-0.3, -0.25) is 0 Å². The van der Waals surface area contributed by atoms with Crippen molar-refractivity contribution in [3.63, 3.8) is 0 Å². The first-order valence-corrected chi connectivity index (χ1v) is 5.34. The smallest absolute Gasteiger partial charge is 0.354 e. The molecule has 0 aliphatic carbocycles. The van der Waals surface area contributed by atoms with Crippen LogP contribution in [0.3, 0.4) is 0 Å². The first kappa shape index (κ1) is 11.3. The molecular formula is C10H4BrClFNO2. The van der Waals surface area contributed by atoms with E-state index in [4.69, 9.17) is 16.7 Å². The van der Waals surface area contributed by atoms with Crippen LogP contribution in [0.1, 0.15) is 10.5 Å². The summed E-state index contributed by atoms with van der Waals surface area (Å²) in [6.07, 6.45) is 0. The van der Waals surface area contributed by atoms with Gasteiger partial charge in [-0.1, -0.05) is 27.5 Å². The molecule has 2 rings (SSSR count). The number of hydrogen-bond donors (Lipinski definition) is 1. The number of aromatic carboxylic acids is 1. The van der Waals surface area contributed by atoms with Gasteiger partial charge in [0, 0.05) is 9.86 Å². The van der Waals surface area contributed by atoms with Crippen molar-refractivity contribution in [1.82, 2.24) is 4.98 Å². The second-order valence-corrected chi connectivity index (χ2v) is 4.40. The number of carboxylic acid groups (broad SMARTS) is 1. The zero-order valence-electron chi connectivity index (χ0n) is 7.67. The number of pyridine rings is 1. The van der Waals surface area contributed by atoms with E-state index in [1.807, 2.05) is 0 Å². The summed E-state index contributed by atoms with van der Waals surface area (Å²) >= 11 is 8.98. The average molecular weight is 305 g/mol. The number of hydrogen-bond acceptors (Lipinski definition) is 2. The van der Waals surface area contributed by atoms with Crippen LogP contribution in [0, 0.1) is 5.82 Å². The van der Waals surface area contributed by atoms with E-state index >= 15 is 0 Å². The highest BCUT2D eigenvalue weighted by Gasteiger charge is 2.13. The summed E-state index contributed by atoms with van der Waals surface area (Å²) in [6, 6.07) is 3.98. The molecule has 1 N–H and O–H groups in total. The molecule has 16 heavy (non-hydrogen) atoms. The molecule has 3 nitrogen and oxygen atoms in total. The number of fused-ring (bicyclic) bond motifs is 1. The van der Waals surface area contributed by atoms with Gasteiger partial charge < -0.3 is 5.11 Å². The van der Waals surface area contributed by atoms with E-state index < -0.39 is 11.8 Å². The Morgan fingerprint density at radius 2 is 2.12 bits per heavy atom. The molecule has 0 aliphatic rings. The summed E-state index contributed by atoms with van der Waals surface area (Å²) in [5.74, 6) is -1.86. The van der Waals surface area contributed by atoms with Gasteiger partial charge in [0.2, 0.25) is 0 Å². The van der Waals surface area contributed by atoms with E-state index in [0.717, 1.165) is 0 Å². The Bertz CT molecular complexity index is 603. The van der Waals surface area contributed by atoms with Crippen molar-refractivity contribution in [2.45, 2.75) is 0 Å². The minimum absolute atomic E-state index is 0.0481. The number of aromatic nitrogens is 1. The van der Waals surface area contributed by atoms with Gasteiger partial charge in [0.05, 0.1) is 5.02 Å². The molecule has 0 aliphatic heterocycles. The predicted molar refractivity (Wildman–Crippen MR) is 61.4 cm³/mol. The van der Waals surface area contributed by atoms with Gasteiger partial charge in [-0.2, -0.15) is 0 Å². The molecule has 0 saturated heterocycles. The van der Waals surface area contributed by atoms with Crippen LogP contribution in [-0.2, 0) is 0 Å². The van der Waals surface area contributed by atoms with Gasteiger partial charge >= 0.3 is 5.97 Å². The van der Waals surface area contributed by atoms with Crippen LogP contribution < -0.4 is 0 Å². The SMILES string of the molecule is O=C(O)c1cc(Cl)c2cc(Br)cc(F)c2n1. The van der Waals surface area contributed by atoms with Gasteiger partial charge in [0.15, 0.2) is 11.5 Å². The van der Waals surface area contributed by atoms with E-state index in [-0.39, 0.29) is 16.2 Å². The Morgan fingerprint density at radius 3 is 2.75 bits per heavy atom. The maximum Gasteiger partial charge on any atom is 0.354 e. The van der Waals surface area contributed by atoms with Crippen LogP contribution in [0.5, 0.6) is 0 Å². The number of benzene rings is 1. The van der Waals surface area contributed by atoms with Crippen LogP contribution >= 0.6 is 27.5 Å². The Labute approximate surface area is 103 Å². The molecule has 0 fully saturated rings. The molecule has 1 aromatic heterocycles. The molecule has 0 bridgehead atoms. The fourth-order valence-electron chi connectivity index (χ4n) is 1.32. The Balaban J connectivity index is 2.87. The summed E-state index contributed by atoms with van der Waals surface area (Å²) in [7, 11) is 0. The zero-order chi connectivity index (χ0) is 11.9. The molecule has 2 aromatic rings. The molecule has 0 unspecified atom stereocenters. The number of rotatable bonds is 1. The maximum absolute atomic E-state index is 13.5. The highest BCUT2D eigenvalue weighted by molar-refractivity contribution is 9.10. The van der Waals surface area contributed by atoms with E-state index in [0.29, 0.717) is 9.86 Å². The van der Waals surface area contributed by atoms with Crippen molar-refractivity contribution in [3.8, 4) is 0 Å². The average Bonchev–Trinajstić information content (AvgIpc) is 2.19. The van der Waals surface area contributed by atoms with E-state index in [1.54, 1.807) is 6.07 Å². The molecule has 0 atom stereocenters. The second kappa shape index (κ2) is 3.99. The third-order valence-electron chi connectivity index (χ3n) is 2.00. The fraction of sp³-hybridized carbons (Fsp3) is 0. The minimum Gasteiger partial charge on any atom is -0.477 e. The van der Waals surface area contributed by atoms with E-state index in [2.05, 4.69) is 20.9 Å². The Morgan fingerprint density at radius 1 is 1.44 bits per heavy atom. The van der Waals surface area contributed by atoms with Crippen molar-refractivity contribution in [3.05, 3.63) is 39.2 Å². The van der Waals surface area contributed by atoms with Gasteiger partial charge in [0.25, 0.3) is 0 Å². The number of carboxylic acids is 1. The first-order chi connectivity index (χ1) is 7.49. The fourth-order valence-corrected chi connectivity index (χ4v) is 2.00. The van der Waals surface area contributed by atoms with Crippen molar-refractivity contribution in [2.75, 3.05) is 0 Å². The molecule has 1 heterocycles. The molecule has 0 radical (unpaired) electrons. The molecular weight excluding hydrogens is 300 g/mol. The summed E-state index contributed by atoms with van der Waals surface area (Å²) < 4.78 is 14.0. The van der Waals surface area contributed by atoms with Gasteiger partial charge in [-0.15, -0.1) is 0 Å². The second-order valence-electron chi connectivity index (χ2n) is 3.08.